The van der Waals surface area contributed by atoms with Crippen molar-refractivity contribution in [2.75, 3.05) is 6.61 Å². The molecule has 0 aromatic heterocycles. The number of hydrogen-bond acceptors (Lipinski definition) is 3. The van der Waals surface area contributed by atoms with E-state index in [-0.39, 0.29) is 18.8 Å². The summed E-state index contributed by atoms with van der Waals surface area (Å²) in [6.07, 6.45) is 1.95. The van der Waals surface area contributed by atoms with Crippen LogP contribution in [0.3, 0.4) is 0 Å². The number of aliphatic hydroxyl groups is 1. The highest BCUT2D eigenvalue weighted by atomic mass is 16.7. The zero-order valence-corrected chi connectivity index (χ0v) is 8.04. The maximum absolute atomic E-state index is 8.65. The lowest BCUT2D eigenvalue weighted by Gasteiger charge is -2.16. The first-order valence-corrected chi connectivity index (χ1v) is 4.51. The molecule has 1 heterocycles. The Hall–Kier alpha value is -0.120. The van der Waals surface area contributed by atoms with E-state index in [1.165, 1.54) is 0 Å². The normalized spacial score (nSPS) is 34.0. The third-order valence-electron chi connectivity index (χ3n) is 2.08. The largest absolute Gasteiger partial charge is 0.396 e. The highest BCUT2D eigenvalue weighted by Crippen LogP contribution is 2.29. The number of rotatable bonds is 3. The summed E-state index contributed by atoms with van der Waals surface area (Å²) in [5.74, 6) is -0.445. The van der Waals surface area contributed by atoms with Gasteiger partial charge in [-0.2, -0.15) is 0 Å². The van der Waals surface area contributed by atoms with Gasteiger partial charge in [-0.25, -0.2) is 0 Å². The predicted molar refractivity (Wildman–Crippen MR) is 45.8 cm³/mol. The molecule has 0 amide bonds. The van der Waals surface area contributed by atoms with Gasteiger partial charge >= 0.3 is 0 Å². The van der Waals surface area contributed by atoms with Crippen molar-refractivity contribution in [1.29, 1.82) is 0 Å². The van der Waals surface area contributed by atoms with Gasteiger partial charge in [-0.3, -0.25) is 0 Å². The maximum Gasteiger partial charge on any atom is 0.163 e. The maximum atomic E-state index is 8.65. The molecule has 72 valence electrons. The van der Waals surface area contributed by atoms with Gasteiger partial charge in [-0.1, -0.05) is 0 Å². The zero-order valence-electron chi connectivity index (χ0n) is 8.04. The van der Waals surface area contributed by atoms with Crippen LogP contribution in [0, 0.1) is 0 Å². The third-order valence-corrected chi connectivity index (χ3v) is 2.08. The molecule has 2 atom stereocenters. The summed E-state index contributed by atoms with van der Waals surface area (Å²) in [7, 11) is 0. The van der Waals surface area contributed by atoms with E-state index in [0.29, 0.717) is 0 Å². The second-order valence-corrected chi connectivity index (χ2v) is 3.74. The van der Waals surface area contributed by atoms with Gasteiger partial charge < -0.3 is 14.6 Å². The van der Waals surface area contributed by atoms with Crippen molar-refractivity contribution in [1.82, 2.24) is 0 Å². The lowest BCUT2D eigenvalue weighted by atomic mass is 10.1. The first-order chi connectivity index (χ1) is 5.55. The molecule has 0 bridgehead atoms. The minimum absolute atomic E-state index is 0.145. The van der Waals surface area contributed by atoms with Crippen molar-refractivity contribution >= 4 is 0 Å². The molecule has 0 aromatic rings. The highest BCUT2D eigenvalue weighted by molar-refractivity contribution is 4.77. The Morgan fingerprint density at radius 2 is 2.00 bits per heavy atom. The van der Waals surface area contributed by atoms with Crippen LogP contribution < -0.4 is 0 Å². The van der Waals surface area contributed by atoms with E-state index in [1.807, 2.05) is 20.8 Å². The summed E-state index contributed by atoms with van der Waals surface area (Å²) in [6, 6.07) is 0. The standard InChI is InChI=1S/C9H18O3/c1-7-8(5-4-6-10)12-9(2,3)11-7/h7-8,10H,4-6H2,1-3H3. The van der Waals surface area contributed by atoms with Crippen molar-refractivity contribution in [2.45, 2.75) is 51.6 Å². The summed E-state index contributed by atoms with van der Waals surface area (Å²) in [5.41, 5.74) is 0. The van der Waals surface area contributed by atoms with Crippen molar-refractivity contribution in [2.24, 2.45) is 0 Å². The Morgan fingerprint density at radius 3 is 2.42 bits per heavy atom. The molecule has 1 rings (SSSR count). The summed E-state index contributed by atoms with van der Waals surface area (Å²) in [4.78, 5) is 0. The van der Waals surface area contributed by atoms with Gasteiger partial charge in [0.2, 0.25) is 0 Å². The van der Waals surface area contributed by atoms with Crippen molar-refractivity contribution in [3.05, 3.63) is 0 Å². The summed E-state index contributed by atoms with van der Waals surface area (Å²) in [6.45, 7) is 6.08. The zero-order chi connectivity index (χ0) is 9.19. The fraction of sp³-hybridized carbons (Fsp3) is 1.00. The number of aliphatic hydroxyl groups excluding tert-OH is 1. The van der Waals surface area contributed by atoms with E-state index >= 15 is 0 Å². The van der Waals surface area contributed by atoms with E-state index < -0.39 is 5.79 Å². The quantitative estimate of drug-likeness (QED) is 0.701. The molecular weight excluding hydrogens is 156 g/mol. The van der Waals surface area contributed by atoms with Crippen LogP contribution in [0.1, 0.15) is 33.6 Å². The van der Waals surface area contributed by atoms with Crippen LogP contribution in [0.2, 0.25) is 0 Å². The lowest BCUT2D eigenvalue weighted by Crippen LogP contribution is -2.21. The second kappa shape index (κ2) is 3.73. The van der Waals surface area contributed by atoms with Gasteiger partial charge in [0.15, 0.2) is 5.79 Å². The second-order valence-electron chi connectivity index (χ2n) is 3.74. The van der Waals surface area contributed by atoms with Gasteiger partial charge in [-0.15, -0.1) is 0 Å². The minimum Gasteiger partial charge on any atom is -0.396 e. The van der Waals surface area contributed by atoms with Crippen molar-refractivity contribution in [3.63, 3.8) is 0 Å². The Morgan fingerprint density at radius 1 is 1.33 bits per heavy atom. The molecule has 1 saturated heterocycles. The number of hydrogen-bond donors (Lipinski definition) is 1. The number of ether oxygens (including phenoxy) is 2. The smallest absolute Gasteiger partial charge is 0.163 e. The molecule has 0 aliphatic carbocycles. The van der Waals surface area contributed by atoms with Crippen molar-refractivity contribution in [3.8, 4) is 0 Å². The fourth-order valence-electron chi connectivity index (χ4n) is 1.60. The average molecular weight is 174 g/mol. The molecule has 1 N–H and O–H groups in total. The Labute approximate surface area is 73.7 Å². The monoisotopic (exact) mass is 174 g/mol. The fourth-order valence-corrected chi connectivity index (χ4v) is 1.60. The van der Waals surface area contributed by atoms with Gasteiger partial charge in [0, 0.05) is 6.61 Å². The first-order valence-electron chi connectivity index (χ1n) is 4.51. The molecule has 1 aliphatic rings. The van der Waals surface area contributed by atoms with E-state index in [1.54, 1.807) is 0 Å². The van der Waals surface area contributed by atoms with Gasteiger partial charge in [0.1, 0.15) is 0 Å². The van der Waals surface area contributed by atoms with Crippen LogP contribution in [-0.2, 0) is 9.47 Å². The van der Waals surface area contributed by atoms with Crippen LogP contribution in [-0.4, -0.2) is 29.7 Å². The molecule has 1 fully saturated rings. The average Bonchev–Trinajstić information content (AvgIpc) is 2.20. The van der Waals surface area contributed by atoms with Crippen LogP contribution in [0.4, 0.5) is 0 Å². The van der Waals surface area contributed by atoms with Crippen LogP contribution in [0.25, 0.3) is 0 Å². The molecule has 0 spiro atoms. The van der Waals surface area contributed by atoms with E-state index in [2.05, 4.69) is 0 Å². The molecule has 3 heteroatoms. The SMILES string of the molecule is CC1OC(C)(C)OC1CCCO. The molecule has 0 radical (unpaired) electrons. The van der Waals surface area contributed by atoms with Crippen LogP contribution in [0.5, 0.6) is 0 Å². The van der Waals surface area contributed by atoms with E-state index in [9.17, 15) is 0 Å². The van der Waals surface area contributed by atoms with E-state index in [4.69, 9.17) is 14.6 Å². The highest BCUT2D eigenvalue weighted by Gasteiger charge is 2.37. The van der Waals surface area contributed by atoms with Crippen LogP contribution >= 0.6 is 0 Å². The van der Waals surface area contributed by atoms with Gasteiger partial charge in [-0.05, 0) is 33.6 Å². The minimum atomic E-state index is -0.445. The Bertz CT molecular complexity index is 145. The van der Waals surface area contributed by atoms with E-state index in [0.717, 1.165) is 12.8 Å². The predicted octanol–water partition coefficient (Wildman–Crippen LogP) is 1.30. The third kappa shape index (κ3) is 2.44. The molecule has 0 aromatic carbocycles. The molecular formula is C9H18O3. The Balaban J connectivity index is 2.36. The lowest BCUT2D eigenvalue weighted by molar-refractivity contribution is -0.145. The Kier molecular flexibility index (Phi) is 3.09. The van der Waals surface area contributed by atoms with Gasteiger partial charge in [0.05, 0.1) is 12.2 Å². The summed E-state index contributed by atoms with van der Waals surface area (Å²) in [5, 5.41) is 8.65. The van der Waals surface area contributed by atoms with Crippen molar-refractivity contribution < 1.29 is 14.6 Å². The molecule has 0 saturated carbocycles. The first kappa shape index (κ1) is 9.96. The molecule has 1 aliphatic heterocycles. The molecule has 12 heavy (non-hydrogen) atoms. The molecule has 3 nitrogen and oxygen atoms in total. The summed E-state index contributed by atoms with van der Waals surface area (Å²) >= 11 is 0. The molecule has 2 unspecified atom stereocenters. The summed E-state index contributed by atoms with van der Waals surface area (Å²) < 4.78 is 11.2. The van der Waals surface area contributed by atoms with Crippen LogP contribution in [0.15, 0.2) is 0 Å². The topological polar surface area (TPSA) is 38.7 Å². The van der Waals surface area contributed by atoms with Gasteiger partial charge in [0.25, 0.3) is 0 Å².